The van der Waals surface area contributed by atoms with Crippen LogP contribution in [-0.4, -0.2) is 46.7 Å². The van der Waals surface area contributed by atoms with Crippen molar-refractivity contribution in [3.8, 4) is 0 Å². The van der Waals surface area contributed by atoms with Crippen molar-refractivity contribution in [2.24, 2.45) is 22.7 Å². The molecule has 2 saturated carbocycles. The molecule has 0 aromatic heterocycles. The second-order valence-electron chi connectivity index (χ2n) is 8.54. The van der Waals surface area contributed by atoms with Crippen LogP contribution >= 0.6 is 0 Å². The van der Waals surface area contributed by atoms with Gasteiger partial charge in [-0.15, -0.1) is 0 Å². The summed E-state index contributed by atoms with van der Waals surface area (Å²) >= 11 is 0. The number of aliphatic hydroxyl groups is 3. The number of ether oxygens (including phenoxy) is 1. The molecule has 5 nitrogen and oxygen atoms in total. The summed E-state index contributed by atoms with van der Waals surface area (Å²) < 4.78 is 4.90. The molecule has 0 unspecified atom stereocenters. The van der Waals surface area contributed by atoms with E-state index in [0.29, 0.717) is 18.4 Å². The molecular weight excluding hydrogens is 320 g/mol. The lowest BCUT2D eigenvalue weighted by atomic mass is 9.46. The summed E-state index contributed by atoms with van der Waals surface area (Å²) in [7, 11) is 0. The summed E-state index contributed by atoms with van der Waals surface area (Å²) in [6, 6.07) is 0. The normalized spacial score (nSPS) is 46.2. The molecule has 1 saturated heterocycles. The molecule has 0 spiro atoms. The second kappa shape index (κ2) is 6.53. The van der Waals surface area contributed by atoms with Crippen molar-refractivity contribution in [3.63, 3.8) is 0 Å². The number of esters is 1. The van der Waals surface area contributed by atoms with Gasteiger partial charge in [-0.3, -0.25) is 0 Å². The molecule has 3 rings (SSSR count). The van der Waals surface area contributed by atoms with E-state index in [9.17, 15) is 20.1 Å². The van der Waals surface area contributed by atoms with Crippen LogP contribution < -0.4 is 0 Å². The van der Waals surface area contributed by atoms with Crippen molar-refractivity contribution < 1.29 is 24.9 Å². The fraction of sp³-hybridized carbons (Fsp3) is 0.750. The molecule has 3 N–H and O–H groups in total. The average Bonchev–Trinajstić information content (AvgIpc) is 2.89. The Bertz CT molecular complexity index is 597. The Morgan fingerprint density at radius 3 is 2.64 bits per heavy atom. The average molecular weight is 350 g/mol. The summed E-state index contributed by atoms with van der Waals surface area (Å²) in [5.74, 6) is -0.0734. The molecule has 0 aromatic rings. The van der Waals surface area contributed by atoms with Gasteiger partial charge in [0.05, 0.1) is 18.3 Å². The van der Waals surface area contributed by atoms with E-state index in [-0.39, 0.29) is 30.5 Å². The minimum atomic E-state index is -0.844. The van der Waals surface area contributed by atoms with E-state index < -0.39 is 23.6 Å². The van der Waals surface area contributed by atoms with Gasteiger partial charge >= 0.3 is 5.97 Å². The number of rotatable bonds is 3. The Morgan fingerprint density at radius 1 is 1.32 bits per heavy atom. The quantitative estimate of drug-likeness (QED) is 0.411. The molecule has 0 amide bonds. The maximum absolute atomic E-state index is 11.8. The highest BCUT2D eigenvalue weighted by molar-refractivity contribution is 5.91. The number of carbonyl (C=O) groups excluding carboxylic acids is 1. The summed E-state index contributed by atoms with van der Waals surface area (Å²) in [6.45, 7) is 8.50. The Labute approximate surface area is 149 Å². The Balaban J connectivity index is 1.89. The van der Waals surface area contributed by atoms with Gasteiger partial charge in [-0.2, -0.15) is 0 Å². The first-order valence-electron chi connectivity index (χ1n) is 9.26. The van der Waals surface area contributed by atoms with Crippen LogP contribution in [0.2, 0.25) is 0 Å². The number of fused-ring (bicyclic) bond motifs is 1. The van der Waals surface area contributed by atoms with Gasteiger partial charge in [-0.1, -0.05) is 32.1 Å². The number of hydrogen-bond acceptors (Lipinski definition) is 5. The van der Waals surface area contributed by atoms with Crippen molar-refractivity contribution in [2.45, 2.75) is 58.2 Å². The third-order valence-corrected chi connectivity index (χ3v) is 7.23. The van der Waals surface area contributed by atoms with Crippen molar-refractivity contribution in [2.75, 3.05) is 13.2 Å². The first-order chi connectivity index (χ1) is 11.7. The van der Waals surface area contributed by atoms with E-state index in [1.807, 2.05) is 13.0 Å². The van der Waals surface area contributed by atoms with Gasteiger partial charge in [0.15, 0.2) is 0 Å². The van der Waals surface area contributed by atoms with Gasteiger partial charge in [0.1, 0.15) is 12.7 Å². The summed E-state index contributed by atoms with van der Waals surface area (Å²) in [4.78, 5) is 11.8. The van der Waals surface area contributed by atoms with Crippen molar-refractivity contribution in [1.29, 1.82) is 0 Å². The van der Waals surface area contributed by atoms with Crippen LogP contribution in [0.25, 0.3) is 0 Å². The molecule has 140 valence electrons. The Hall–Kier alpha value is -1.17. The second-order valence-corrected chi connectivity index (χ2v) is 8.54. The van der Waals surface area contributed by atoms with E-state index in [0.717, 1.165) is 24.8 Å². The highest BCUT2D eigenvalue weighted by Crippen LogP contribution is 2.61. The van der Waals surface area contributed by atoms with Crippen LogP contribution in [0, 0.1) is 22.7 Å². The molecular formula is C20H30O5. The zero-order valence-corrected chi connectivity index (χ0v) is 15.2. The zero-order chi connectivity index (χ0) is 18.4. The van der Waals surface area contributed by atoms with Crippen LogP contribution in [0.3, 0.4) is 0 Å². The van der Waals surface area contributed by atoms with Gasteiger partial charge in [-0.25, -0.2) is 4.79 Å². The predicted molar refractivity (Wildman–Crippen MR) is 93.6 cm³/mol. The monoisotopic (exact) mass is 350 g/mol. The largest absolute Gasteiger partial charge is 0.459 e. The van der Waals surface area contributed by atoms with Crippen LogP contribution in [0.4, 0.5) is 0 Å². The SMILES string of the molecule is C=C1CC[C@@H]2[C@](C)(CO)[C@H](O)CC[C@]2(C)[C@H]1C/C=C1/C(=O)OC[C@@H]1O. The van der Waals surface area contributed by atoms with Crippen LogP contribution in [0.1, 0.15) is 46.0 Å². The highest BCUT2D eigenvalue weighted by Gasteiger charge is 2.57. The number of hydrogen-bond donors (Lipinski definition) is 3. The van der Waals surface area contributed by atoms with E-state index in [1.165, 1.54) is 0 Å². The maximum Gasteiger partial charge on any atom is 0.336 e. The molecule has 25 heavy (non-hydrogen) atoms. The molecule has 2 aliphatic carbocycles. The molecule has 5 heteroatoms. The molecule has 0 aromatic carbocycles. The Kier molecular flexibility index (Phi) is 4.86. The number of allylic oxidation sites excluding steroid dienone is 2. The fourth-order valence-electron chi connectivity index (χ4n) is 5.56. The van der Waals surface area contributed by atoms with E-state index in [1.54, 1.807) is 0 Å². The minimum absolute atomic E-state index is 0.0280. The number of carbonyl (C=O) groups is 1. The van der Waals surface area contributed by atoms with Gasteiger partial charge in [0.2, 0.25) is 0 Å². The summed E-state index contributed by atoms with van der Waals surface area (Å²) in [6.07, 6.45) is 4.42. The number of aliphatic hydroxyl groups excluding tert-OH is 3. The molecule has 1 aliphatic heterocycles. The Morgan fingerprint density at radius 2 is 2.04 bits per heavy atom. The van der Waals surface area contributed by atoms with Crippen molar-refractivity contribution in [3.05, 3.63) is 23.8 Å². The number of cyclic esters (lactones) is 1. The van der Waals surface area contributed by atoms with E-state index in [2.05, 4.69) is 13.5 Å². The van der Waals surface area contributed by atoms with Crippen LogP contribution in [0.5, 0.6) is 0 Å². The lowest BCUT2D eigenvalue weighted by Gasteiger charge is -2.59. The van der Waals surface area contributed by atoms with E-state index in [4.69, 9.17) is 4.74 Å². The third kappa shape index (κ3) is 2.86. The highest BCUT2D eigenvalue weighted by atomic mass is 16.6. The molecule has 0 radical (unpaired) electrons. The maximum atomic E-state index is 11.8. The van der Waals surface area contributed by atoms with Gasteiger partial charge in [0, 0.05) is 5.41 Å². The molecule has 3 aliphatic rings. The van der Waals surface area contributed by atoms with E-state index >= 15 is 0 Å². The lowest BCUT2D eigenvalue weighted by molar-refractivity contribution is -0.151. The zero-order valence-electron chi connectivity index (χ0n) is 15.2. The third-order valence-electron chi connectivity index (χ3n) is 7.23. The van der Waals surface area contributed by atoms with Crippen molar-refractivity contribution >= 4 is 5.97 Å². The molecule has 3 fully saturated rings. The van der Waals surface area contributed by atoms with Crippen LogP contribution in [0.15, 0.2) is 23.8 Å². The van der Waals surface area contributed by atoms with Crippen molar-refractivity contribution in [1.82, 2.24) is 0 Å². The predicted octanol–water partition coefficient (Wildman–Crippen LogP) is 1.96. The summed E-state index contributed by atoms with van der Waals surface area (Å²) in [5.41, 5.74) is 0.911. The van der Waals surface area contributed by atoms with Gasteiger partial charge in [0.25, 0.3) is 0 Å². The minimum Gasteiger partial charge on any atom is -0.459 e. The molecule has 1 heterocycles. The molecule has 0 bridgehead atoms. The van der Waals surface area contributed by atoms with Gasteiger partial charge in [-0.05, 0) is 49.4 Å². The fourth-order valence-corrected chi connectivity index (χ4v) is 5.56. The molecule has 6 atom stereocenters. The lowest BCUT2D eigenvalue weighted by Crippen LogP contribution is -2.57. The van der Waals surface area contributed by atoms with Gasteiger partial charge < -0.3 is 20.1 Å². The smallest absolute Gasteiger partial charge is 0.336 e. The first kappa shape index (κ1) is 18.6. The first-order valence-corrected chi connectivity index (χ1v) is 9.26. The van der Waals surface area contributed by atoms with Crippen LogP contribution in [-0.2, 0) is 9.53 Å². The summed E-state index contributed by atoms with van der Waals surface area (Å²) in [5, 5.41) is 30.4. The standard InChI is InChI=1S/C20H30O5/c1-12-4-7-16-19(2,9-8-17(23)20(16,3)11-21)14(12)6-5-13-15(22)10-25-18(13)24/h5,14-17,21-23H,1,4,6-11H2,2-3H3/b13-5+/t14-,15-,16-,17+,19+,20-/m0/s1. The topological polar surface area (TPSA) is 87.0 Å².